The number of rotatable bonds is 3. The van der Waals surface area contributed by atoms with Crippen LogP contribution in [0.5, 0.6) is 0 Å². The van der Waals surface area contributed by atoms with E-state index in [0.717, 1.165) is 6.07 Å². The van der Waals surface area contributed by atoms with Crippen LogP contribution in [0, 0.1) is 11.2 Å². The Bertz CT molecular complexity index is 593. The van der Waals surface area contributed by atoms with Crippen LogP contribution in [0.25, 0.3) is 0 Å². The van der Waals surface area contributed by atoms with Gasteiger partial charge in [0.05, 0.1) is 22.6 Å². The van der Waals surface area contributed by atoms with Crippen molar-refractivity contribution >= 4 is 21.4 Å². The molecule has 0 spiro atoms. The minimum absolute atomic E-state index is 0.0101. The van der Waals surface area contributed by atoms with E-state index in [1.54, 1.807) is 0 Å². The molecule has 1 aliphatic heterocycles. The van der Waals surface area contributed by atoms with E-state index in [0.29, 0.717) is 12.0 Å². The van der Waals surface area contributed by atoms with Gasteiger partial charge < -0.3 is 10.8 Å². The molecule has 0 aliphatic carbocycles. The van der Waals surface area contributed by atoms with Crippen molar-refractivity contribution in [2.24, 2.45) is 11.1 Å². The molecule has 106 valence electrons. The first-order valence-electron chi connectivity index (χ1n) is 5.83. The van der Waals surface area contributed by atoms with Crippen molar-refractivity contribution in [3.8, 4) is 0 Å². The number of nitrogens with two attached hydrogens (primary N) is 1. The van der Waals surface area contributed by atoms with Crippen molar-refractivity contribution in [2.45, 2.75) is 12.5 Å². The molecule has 1 aromatic rings. The van der Waals surface area contributed by atoms with Gasteiger partial charge in [0.25, 0.3) is 0 Å². The Morgan fingerprint density at radius 3 is 2.68 bits per heavy atom. The average molecular weight is 308 g/mol. The molecule has 1 aliphatic rings. The Balaban J connectivity index is 2.36. The van der Waals surface area contributed by atoms with E-state index in [1.807, 2.05) is 0 Å². The van der Waals surface area contributed by atoms with Crippen LogP contribution in [0.2, 0.25) is 5.02 Å². The summed E-state index contributed by atoms with van der Waals surface area (Å²) in [5.74, 6) is -0.735. The number of sulfone groups is 1. The van der Waals surface area contributed by atoms with E-state index < -0.39 is 27.2 Å². The molecule has 19 heavy (non-hydrogen) atoms. The first-order chi connectivity index (χ1) is 8.80. The number of aliphatic hydroxyl groups excluding tert-OH is 1. The number of aliphatic hydroxyl groups is 1. The minimum Gasteiger partial charge on any atom is -0.388 e. The van der Waals surface area contributed by atoms with Crippen LogP contribution in [0.15, 0.2) is 18.2 Å². The maximum Gasteiger partial charge on any atom is 0.151 e. The number of hydrogen-bond donors (Lipinski definition) is 2. The predicted octanol–water partition coefficient (Wildman–Crippen LogP) is 1.28. The fourth-order valence-electron chi connectivity index (χ4n) is 2.47. The fraction of sp³-hybridized carbons (Fsp3) is 0.500. The van der Waals surface area contributed by atoms with E-state index in [-0.39, 0.29) is 23.1 Å². The van der Waals surface area contributed by atoms with Gasteiger partial charge in [0.2, 0.25) is 0 Å². The molecular weight excluding hydrogens is 293 g/mol. The molecule has 1 heterocycles. The third-order valence-electron chi connectivity index (χ3n) is 3.66. The lowest BCUT2D eigenvalue weighted by Crippen LogP contribution is -2.38. The Morgan fingerprint density at radius 2 is 2.21 bits per heavy atom. The van der Waals surface area contributed by atoms with Crippen molar-refractivity contribution in [3.63, 3.8) is 0 Å². The Morgan fingerprint density at radius 1 is 1.53 bits per heavy atom. The van der Waals surface area contributed by atoms with Gasteiger partial charge in [0, 0.05) is 12.0 Å². The summed E-state index contributed by atoms with van der Waals surface area (Å²) in [4.78, 5) is 0. The van der Waals surface area contributed by atoms with E-state index in [2.05, 4.69) is 0 Å². The van der Waals surface area contributed by atoms with Gasteiger partial charge in [-0.05, 0) is 24.1 Å². The summed E-state index contributed by atoms with van der Waals surface area (Å²) in [6.45, 7) is 0.0440. The normalized spacial score (nSPS) is 27.4. The van der Waals surface area contributed by atoms with Gasteiger partial charge in [-0.3, -0.25) is 0 Å². The molecule has 2 unspecified atom stereocenters. The van der Waals surface area contributed by atoms with Crippen LogP contribution in [0.3, 0.4) is 0 Å². The van der Waals surface area contributed by atoms with Gasteiger partial charge in [0.1, 0.15) is 5.82 Å². The lowest BCUT2D eigenvalue weighted by Gasteiger charge is -2.32. The molecule has 1 aromatic carbocycles. The molecule has 2 rings (SSSR count). The number of hydrogen-bond acceptors (Lipinski definition) is 4. The highest BCUT2D eigenvalue weighted by molar-refractivity contribution is 7.91. The molecule has 4 nitrogen and oxygen atoms in total. The van der Waals surface area contributed by atoms with E-state index >= 15 is 0 Å². The molecule has 2 atom stereocenters. The van der Waals surface area contributed by atoms with Crippen LogP contribution in [0.4, 0.5) is 4.39 Å². The first-order valence-corrected chi connectivity index (χ1v) is 8.03. The smallest absolute Gasteiger partial charge is 0.151 e. The zero-order chi connectivity index (χ0) is 14.3. The summed E-state index contributed by atoms with van der Waals surface area (Å²) in [7, 11) is -3.18. The fourth-order valence-corrected chi connectivity index (χ4v) is 4.81. The summed E-state index contributed by atoms with van der Waals surface area (Å²) < 4.78 is 36.3. The second kappa shape index (κ2) is 5.01. The molecule has 7 heteroatoms. The lowest BCUT2D eigenvalue weighted by atomic mass is 9.78. The highest BCUT2D eigenvalue weighted by atomic mass is 35.5. The van der Waals surface area contributed by atoms with Crippen molar-refractivity contribution in [1.29, 1.82) is 0 Å². The van der Waals surface area contributed by atoms with Crippen LogP contribution < -0.4 is 5.73 Å². The Kier molecular flexibility index (Phi) is 3.88. The molecular formula is C12H15ClFNO3S. The molecule has 3 N–H and O–H groups in total. The standard InChI is InChI=1S/C12H15ClFNO3S/c13-9-5-8(1-2-10(9)14)11(16)12(6-15)3-4-19(17,18)7-12/h1-2,5,11,16H,3-4,6-7,15H2. The van der Waals surface area contributed by atoms with Gasteiger partial charge in [-0.2, -0.15) is 0 Å². The van der Waals surface area contributed by atoms with Gasteiger partial charge in [-0.15, -0.1) is 0 Å². The third-order valence-corrected chi connectivity index (χ3v) is 5.79. The summed E-state index contributed by atoms with van der Waals surface area (Å²) in [6.07, 6.45) is -0.782. The van der Waals surface area contributed by atoms with Gasteiger partial charge in [-0.1, -0.05) is 17.7 Å². The van der Waals surface area contributed by atoms with Crippen LogP contribution in [-0.4, -0.2) is 31.6 Å². The summed E-state index contributed by atoms with van der Waals surface area (Å²) in [5, 5.41) is 10.3. The minimum atomic E-state index is -3.18. The molecule has 1 fully saturated rings. The SMILES string of the molecule is NCC1(C(O)c2ccc(F)c(Cl)c2)CCS(=O)(=O)C1. The van der Waals surface area contributed by atoms with Crippen LogP contribution >= 0.6 is 11.6 Å². The predicted molar refractivity (Wildman–Crippen MR) is 71.1 cm³/mol. The van der Waals surface area contributed by atoms with Crippen LogP contribution in [-0.2, 0) is 9.84 Å². The van der Waals surface area contributed by atoms with Crippen molar-refractivity contribution in [2.75, 3.05) is 18.1 Å². The zero-order valence-electron chi connectivity index (χ0n) is 10.1. The summed E-state index contributed by atoms with van der Waals surface area (Å²) in [6, 6.07) is 3.85. The molecule has 0 bridgehead atoms. The maximum absolute atomic E-state index is 13.1. The quantitative estimate of drug-likeness (QED) is 0.881. The molecule has 0 saturated carbocycles. The zero-order valence-corrected chi connectivity index (χ0v) is 11.7. The molecule has 0 amide bonds. The Hall–Kier alpha value is -0.690. The van der Waals surface area contributed by atoms with Crippen molar-refractivity contribution < 1.29 is 17.9 Å². The second-order valence-corrected chi connectivity index (χ2v) is 7.58. The van der Waals surface area contributed by atoms with E-state index in [9.17, 15) is 17.9 Å². The van der Waals surface area contributed by atoms with E-state index in [4.69, 9.17) is 17.3 Å². The first kappa shape index (κ1) is 14.7. The van der Waals surface area contributed by atoms with Crippen LogP contribution in [0.1, 0.15) is 18.1 Å². The molecule has 1 saturated heterocycles. The molecule has 0 radical (unpaired) electrons. The lowest BCUT2D eigenvalue weighted by molar-refractivity contribution is 0.0471. The third kappa shape index (κ3) is 2.76. The Labute approximate surface area is 116 Å². The topological polar surface area (TPSA) is 80.4 Å². The van der Waals surface area contributed by atoms with Gasteiger partial charge >= 0.3 is 0 Å². The number of halogens is 2. The highest BCUT2D eigenvalue weighted by Crippen LogP contribution is 2.43. The largest absolute Gasteiger partial charge is 0.388 e. The molecule has 0 aromatic heterocycles. The van der Waals surface area contributed by atoms with Gasteiger partial charge in [-0.25, -0.2) is 12.8 Å². The summed E-state index contributed by atoms with van der Waals surface area (Å²) >= 11 is 5.67. The average Bonchev–Trinajstić information content (AvgIpc) is 2.69. The van der Waals surface area contributed by atoms with Crippen molar-refractivity contribution in [1.82, 2.24) is 0 Å². The van der Waals surface area contributed by atoms with E-state index in [1.165, 1.54) is 12.1 Å². The monoisotopic (exact) mass is 307 g/mol. The summed E-state index contributed by atoms with van der Waals surface area (Å²) in [5.41, 5.74) is 5.13. The number of benzene rings is 1. The van der Waals surface area contributed by atoms with Crippen molar-refractivity contribution in [3.05, 3.63) is 34.6 Å². The maximum atomic E-state index is 13.1. The highest BCUT2D eigenvalue weighted by Gasteiger charge is 2.47. The van der Waals surface area contributed by atoms with Gasteiger partial charge in [0.15, 0.2) is 9.84 Å². The second-order valence-electron chi connectivity index (χ2n) is 4.98.